The third-order valence-electron chi connectivity index (χ3n) is 3.72. The molecular formula is C15H21N3O3. The number of hydrogen-bond donors (Lipinski definition) is 2. The first kappa shape index (κ1) is 15.3. The number of para-hydroxylation sites is 1. The average molecular weight is 291 g/mol. The van der Waals surface area contributed by atoms with Crippen molar-refractivity contribution in [2.45, 2.75) is 31.9 Å². The largest absolute Gasteiger partial charge is 0.398 e. The minimum Gasteiger partial charge on any atom is -0.398 e. The summed E-state index contributed by atoms with van der Waals surface area (Å²) < 4.78 is 5.56. The number of carbonyl (C=O) groups excluding carboxylic acids is 2. The first-order chi connectivity index (χ1) is 9.92. The Hall–Kier alpha value is -2.08. The summed E-state index contributed by atoms with van der Waals surface area (Å²) in [6.07, 6.45) is 1.48. The van der Waals surface area contributed by atoms with Crippen molar-refractivity contribution in [2.24, 2.45) is 5.73 Å². The molecule has 1 aliphatic heterocycles. The number of primary amides is 1. The Morgan fingerprint density at radius 1 is 1.38 bits per heavy atom. The van der Waals surface area contributed by atoms with Crippen molar-refractivity contribution in [3.05, 3.63) is 29.8 Å². The standard InChI is InChI=1S/C15H21N3O3/c1-15(7-4-8-21-15)14(20)18(10-13(17)19)9-11-5-2-3-6-12(11)16/h2-3,5-6H,4,7-10,16H2,1H3,(H2,17,19). The molecule has 0 saturated carbocycles. The lowest BCUT2D eigenvalue weighted by molar-refractivity contribution is -0.153. The van der Waals surface area contributed by atoms with Crippen LogP contribution in [0.3, 0.4) is 0 Å². The zero-order chi connectivity index (χ0) is 15.5. The van der Waals surface area contributed by atoms with E-state index in [1.807, 2.05) is 18.2 Å². The van der Waals surface area contributed by atoms with E-state index in [4.69, 9.17) is 16.2 Å². The van der Waals surface area contributed by atoms with E-state index in [9.17, 15) is 9.59 Å². The summed E-state index contributed by atoms with van der Waals surface area (Å²) in [6, 6.07) is 7.25. The molecule has 1 fully saturated rings. The normalized spacial score (nSPS) is 21.2. The van der Waals surface area contributed by atoms with Gasteiger partial charge in [-0.3, -0.25) is 9.59 Å². The summed E-state index contributed by atoms with van der Waals surface area (Å²) in [6.45, 7) is 2.41. The summed E-state index contributed by atoms with van der Waals surface area (Å²) in [5.74, 6) is -0.776. The second-order valence-corrected chi connectivity index (χ2v) is 5.51. The van der Waals surface area contributed by atoms with Gasteiger partial charge in [0.2, 0.25) is 5.91 Å². The Balaban J connectivity index is 2.20. The van der Waals surface area contributed by atoms with Gasteiger partial charge in [-0.15, -0.1) is 0 Å². The Labute approximate surface area is 124 Å². The van der Waals surface area contributed by atoms with Crippen LogP contribution in [0, 0.1) is 0 Å². The molecule has 0 bridgehead atoms. The van der Waals surface area contributed by atoms with Gasteiger partial charge in [-0.1, -0.05) is 18.2 Å². The number of benzene rings is 1. The monoisotopic (exact) mass is 291 g/mol. The molecule has 1 atom stereocenters. The number of nitrogens with zero attached hydrogens (tertiary/aromatic N) is 1. The molecule has 1 saturated heterocycles. The Morgan fingerprint density at radius 2 is 2.10 bits per heavy atom. The first-order valence-corrected chi connectivity index (χ1v) is 6.97. The van der Waals surface area contributed by atoms with E-state index in [2.05, 4.69) is 0 Å². The highest BCUT2D eigenvalue weighted by atomic mass is 16.5. The molecule has 6 heteroatoms. The molecule has 6 nitrogen and oxygen atoms in total. The van der Waals surface area contributed by atoms with Crippen LogP contribution in [-0.2, 0) is 20.9 Å². The molecular weight excluding hydrogens is 270 g/mol. The number of rotatable bonds is 5. The van der Waals surface area contributed by atoms with Crippen LogP contribution in [0.25, 0.3) is 0 Å². The molecule has 0 aromatic heterocycles. The second-order valence-electron chi connectivity index (χ2n) is 5.51. The van der Waals surface area contributed by atoms with Gasteiger partial charge in [-0.25, -0.2) is 0 Å². The van der Waals surface area contributed by atoms with E-state index in [0.29, 0.717) is 18.7 Å². The van der Waals surface area contributed by atoms with E-state index in [1.165, 1.54) is 4.90 Å². The number of carbonyl (C=O) groups is 2. The summed E-state index contributed by atoms with van der Waals surface area (Å²) in [5.41, 5.74) is 11.7. The average Bonchev–Trinajstić information content (AvgIpc) is 2.87. The van der Waals surface area contributed by atoms with Crippen molar-refractivity contribution < 1.29 is 14.3 Å². The minimum absolute atomic E-state index is 0.147. The van der Waals surface area contributed by atoms with Gasteiger partial charge in [0.25, 0.3) is 5.91 Å². The van der Waals surface area contributed by atoms with Crippen LogP contribution in [0.15, 0.2) is 24.3 Å². The Bertz CT molecular complexity index is 539. The Morgan fingerprint density at radius 3 is 2.67 bits per heavy atom. The molecule has 1 aromatic rings. The van der Waals surface area contributed by atoms with Gasteiger partial charge in [0.05, 0.1) is 6.54 Å². The van der Waals surface area contributed by atoms with Gasteiger partial charge in [0.1, 0.15) is 5.60 Å². The highest BCUT2D eigenvalue weighted by molar-refractivity contribution is 5.89. The lowest BCUT2D eigenvalue weighted by Crippen LogP contribution is -2.49. The number of anilines is 1. The number of hydrogen-bond acceptors (Lipinski definition) is 4. The van der Waals surface area contributed by atoms with Crippen molar-refractivity contribution in [1.29, 1.82) is 0 Å². The lowest BCUT2D eigenvalue weighted by Gasteiger charge is -2.30. The van der Waals surface area contributed by atoms with Gasteiger partial charge in [0, 0.05) is 18.8 Å². The maximum atomic E-state index is 12.7. The van der Waals surface area contributed by atoms with Crippen molar-refractivity contribution in [3.63, 3.8) is 0 Å². The minimum atomic E-state index is -0.876. The van der Waals surface area contributed by atoms with Crippen LogP contribution in [0.4, 0.5) is 5.69 Å². The molecule has 2 rings (SSSR count). The third-order valence-corrected chi connectivity index (χ3v) is 3.72. The summed E-state index contributed by atoms with van der Waals surface area (Å²) in [4.78, 5) is 25.4. The molecule has 0 spiro atoms. The van der Waals surface area contributed by atoms with Crippen molar-refractivity contribution >= 4 is 17.5 Å². The second kappa shape index (κ2) is 6.13. The van der Waals surface area contributed by atoms with Gasteiger partial charge >= 0.3 is 0 Å². The topological polar surface area (TPSA) is 98.7 Å². The highest BCUT2D eigenvalue weighted by Crippen LogP contribution is 2.28. The maximum Gasteiger partial charge on any atom is 0.255 e. The van der Waals surface area contributed by atoms with Crippen LogP contribution in [0.2, 0.25) is 0 Å². The fourth-order valence-corrected chi connectivity index (χ4v) is 2.55. The van der Waals surface area contributed by atoms with E-state index >= 15 is 0 Å². The molecule has 2 amide bonds. The third kappa shape index (κ3) is 3.52. The predicted molar refractivity (Wildman–Crippen MR) is 79.1 cm³/mol. The van der Waals surface area contributed by atoms with Gasteiger partial charge < -0.3 is 21.1 Å². The summed E-state index contributed by atoms with van der Waals surface area (Å²) >= 11 is 0. The quantitative estimate of drug-likeness (QED) is 0.778. The maximum absolute atomic E-state index is 12.7. The van der Waals surface area contributed by atoms with E-state index < -0.39 is 11.5 Å². The fourth-order valence-electron chi connectivity index (χ4n) is 2.55. The Kier molecular flexibility index (Phi) is 4.47. The lowest BCUT2D eigenvalue weighted by atomic mass is 10.0. The summed E-state index contributed by atoms with van der Waals surface area (Å²) in [7, 11) is 0. The van der Waals surface area contributed by atoms with Crippen LogP contribution in [0.1, 0.15) is 25.3 Å². The smallest absolute Gasteiger partial charge is 0.255 e. The van der Waals surface area contributed by atoms with Gasteiger partial charge in [0.15, 0.2) is 0 Å². The fraction of sp³-hybridized carbons (Fsp3) is 0.467. The van der Waals surface area contributed by atoms with Gasteiger partial charge in [-0.05, 0) is 31.4 Å². The molecule has 1 aromatic carbocycles. The van der Waals surface area contributed by atoms with E-state index in [-0.39, 0.29) is 19.0 Å². The molecule has 1 aliphatic rings. The van der Waals surface area contributed by atoms with Crippen LogP contribution >= 0.6 is 0 Å². The molecule has 1 unspecified atom stereocenters. The van der Waals surface area contributed by atoms with E-state index in [0.717, 1.165) is 12.0 Å². The van der Waals surface area contributed by atoms with Crippen LogP contribution in [0.5, 0.6) is 0 Å². The van der Waals surface area contributed by atoms with Crippen molar-refractivity contribution in [3.8, 4) is 0 Å². The SMILES string of the molecule is CC1(C(=O)N(CC(N)=O)Cc2ccccc2N)CCCO1. The number of ether oxygens (including phenoxy) is 1. The molecule has 4 N–H and O–H groups in total. The van der Waals surface area contributed by atoms with Crippen molar-refractivity contribution in [1.82, 2.24) is 4.90 Å². The van der Waals surface area contributed by atoms with Crippen molar-refractivity contribution in [2.75, 3.05) is 18.9 Å². The number of nitrogens with two attached hydrogens (primary N) is 2. The number of amides is 2. The van der Waals surface area contributed by atoms with Gasteiger partial charge in [-0.2, -0.15) is 0 Å². The zero-order valence-electron chi connectivity index (χ0n) is 12.2. The predicted octanol–water partition coefficient (Wildman–Crippen LogP) is 0.652. The molecule has 0 radical (unpaired) electrons. The first-order valence-electron chi connectivity index (χ1n) is 6.97. The summed E-state index contributed by atoms with van der Waals surface area (Å²) in [5, 5.41) is 0. The molecule has 1 heterocycles. The van der Waals surface area contributed by atoms with E-state index in [1.54, 1.807) is 13.0 Å². The number of nitrogen functional groups attached to an aromatic ring is 1. The molecule has 114 valence electrons. The van der Waals surface area contributed by atoms with Crippen LogP contribution in [-0.4, -0.2) is 35.5 Å². The highest BCUT2D eigenvalue weighted by Gasteiger charge is 2.41. The zero-order valence-corrected chi connectivity index (χ0v) is 12.2. The molecule has 21 heavy (non-hydrogen) atoms. The molecule has 0 aliphatic carbocycles. The van der Waals surface area contributed by atoms with Crippen LogP contribution < -0.4 is 11.5 Å².